The third-order valence-electron chi connectivity index (χ3n) is 4.80. The number of nitrogens with one attached hydrogen (secondary N) is 1. The Balaban J connectivity index is 1.67. The van der Waals surface area contributed by atoms with Crippen molar-refractivity contribution in [2.24, 2.45) is 5.92 Å². The highest BCUT2D eigenvalue weighted by atomic mass is 79.9. The van der Waals surface area contributed by atoms with Gasteiger partial charge >= 0.3 is 0 Å². The molecule has 0 spiro atoms. The van der Waals surface area contributed by atoms with Crippen LogP contribution in [0.1, 0.15) is 57.4 Å². The zero-order valence-corrected chi connectivity index (χ0v) is 14.5. The summed E-state index contributed by atoms with van der Waals surface area (Å²) in [6.07, 6.45) is 9.43. The molecule has 2 saturated carbocycles. The van der Waals surface area contributed by atoms with Gasteiger partial charge in [-0.05, 0) is 60.0 Å². The van der Waals surface area contributed by atoms with Crippen molar-refractivity contribution < 1.29 is 4.74 Å². The topological polar surface area (TPSA) is 21.3 Å². The molecule has 0 heterocycles. The Hall–Kier alpha value is -0.540. The number of para-hydroxylation sites is 1. The summed E-state index contributed by atoms with van der Waals surface area (Å²) in [6.45, 7) is 3.22. The van der Waals surface area contributed by atoms with E-state index in [1.165, 1.54) is 50.5 Å². The van der Waals surface area contributed by atoms with E-state index < -0.39 is 0 Å². The van der Waals surface area contributed by atoms with Crippen LogP contribution in [0.15, 0.2) is 22.7 Å². The zero-order chi connectivity index (χ0) is 14.7. The summed E-state index contributed by atoms with van der Waals surface area (Å²) in [5, 5.41) is 3.60. The van der Waals surface area contributed by atoms with Gasteiger partial charge in [0.05, 0.1) is 10.6 Å². The molecule has 0 amide bonds. The van der Waals surface area contributed by atoms with Crippen molar-refractivity contribution in [3.05, 3.63) is 28.2 Å². The van der Waals surface area contributed by atoms with Crippen LogP contribution >= 0.6 is 15.9 Å². The molecule has 2 nitrogen and oxygen atoms in total. The molecule has 21 heavy (non-hydrogen) atoms. The van der Waals surface area contributed by atoms with Gasteiger partial charge in [0.1, 0.15) is 5.75 Å². The SMILES string of the molecule is CCC1CCCC(Oc2c(Br)cccc2CNC2CC2)C1. The van der Waals surface area contributed by atoms with Crippen LogP contribution in [-0.2, 0) is 6.54 Å². The number of hydrogen-bond donors (Lipinski definition) is 1. The molecular formula is C18H26BrNO. The minimum absolute atomic E-state index is 0.391. The summed E-state index contributed by atoms with van der Waals surface area (Å²) in [6, 6.07) is 7.12. The highest BCUT2D eigenvalue weighted by molar-refractivity contribution is 9.10. The normalized spacial score (nSPS) is 25.8. The maximum absolute atomic E-state index is 6.42. The maximum atomic E-state index is 6.42. The van der Waals surface area contributed by atoms with Crippen LogP contribution < -0.4 is 10.1 Å². The quantitative estimate of drug-likeness (QED) is 0.774. The van der Waals surface area contributed by atoms with Crippen molar-refractivity contribution in [2.45, 2.75) is 70.6 Å². The van der Waals surface area contributed by atoms with Gasteiger partial charge in [-0.2, -0.15) is 0 Å². The van der Waals surface area contributed by atoms with Gasteiger partial charge in [-0.15, -0.1) is 0 Å². The summed E-state index contributed by atoms with van der Waals surface area (Å²) in [7, 11) is 0. The number of ether oxygens (including phenoxy) is 1. The number of benzene rings is 1. The Labute approximate surface area is 136 Å². The molecule has 2 atom stereocenters. The fourth-order valence-electron chi connectivity index (χ4n) is 3.25. The van der Waals surface area contributed by atoms with E-state index >= 15 is 0 Å². The van der Waals surface area contributed by atoms with Crippen LogP contribution in [0.2, 0.25) is 0 Å². The Bertz CT molecular complexity index is 472. The maximum Gasteiger partial charge on any atom is 0.138 e. The van der Waals surface area contributed by atoms with Crippen molar-refractivity contribution >= 4 is 15.9 Å². The average Bonchev–Trinajstić information content (AvgIpc) is 3.32. The van der Waals surface area contributed by atoms with E-state index in [9.17, 15) is 0 Å². The molecule has 0 bridgehead atoms. The first-order chi connectivity index (χ1) is 10.3. The lowest BCUT2D eigenvalue weighted by molar-refractivity contribution is 0.120. The number of rotatable bonds is 6. The number of halogens is 1. The van der Waals surface area contributed by atoms with E-state index in [1.807, 2.05) is 0 Å². The predicted molar refractivity (Wildman–Crippen MR) is 90.7 cm³/mol. The Kier molecular flexibility index (Phi) is 5.23. The van der Waals surface area contributed by atoms with Crippen LogP contribution in [0.4, 0.5) is 0 Å². The third-order valence-corrected chi connectivity index (χ3v) is 5.43. The van der Waals surface area contributed by atoms with Gasteiger partial charge < -0.3 is 10.1 Å². The molecular weight excluding hydrogens is 326 g/mol. The fourth-order valence-corrected chi connectivity index (χ4v) is 3.75. The van der Waals surface area contributed by atoms with Crippen molar-refractivity contribution in [1.29, 1.82) is 0 Å². The van der Waals surface area contributed by atoms with Crippen molar-refractivity contribution in [3.63, 3.8) is 0 Å². The monoisotopic (exact) mass is 351 g/mol. The minimum Gasteiger partial charge on any atom is -0.489 e. The molecule has 1 aromatic rings. The first kappa shape index (κ1) is 15.4. The molecule has 1 aromatic carbocycles. The van der Waals surface area contributed by atoms with Gasteiger partial charge in [0.15, 0.2) is 0 Å². The van der Waals surface area contributed by atoms with Crippen LogP contribution in [-0.4, -0.2) is 12.1 Å². The second kappa shape index (κ2) is 7.15. The van der Waals surface area contributed by atoms with E-state index in [1.54, 1.807) is 0 Å². The zero-order valence-electron chi connectivity index (χ0n) is 12.9. The van der Waals surface area contributed by atoms with Gasteiger partial charge in [0.25, 0.3) is 0 Å². The molecule has 116 valence electrons. The van der Waals surface area contributed by atoms with E-state index in [2.05, 4.69) is 46.4 Å². The molecule has 1 N–H and O–H groups in total. The molecule has 3 rings (SSSR count). The molecule has 0 aromatic heterocycles. The average molecular weight is 352 g/mol. The lowest BCUT2D eigenvalue weighted by atomic mass is 9.85. The van der Waals surface area contributed by atoms with E-state index in [0.29, 0.717) is 6.10 Å². The van der Waals surface area contributed by atoms with E-state index in [-0.39, 0.29) is 0 Å². The van der Waals surface area contributed by atoms with Gasteiger partial charge in [0.2, 0.25) is 0 Å². The molecule has 2 aliphatic carbocycles. The van der Waals surface area contributed by atoms with E-state index in [0.717, 1.165) is 28.7 Å². The first-order valence-corrected chi connectivity index (χ1v) is 9.23. The van der Waals surface area contributed by atoms with Crippen LogP contribution in [0.25, 0.3) is 0 Å². The van der Waals surface area contributed by atoms with Gasteiger partial charge in [-0.25, -0.2) is 0 Å². The Morgan fingerprint density at radius 2 is 2.10 bits per heavy atom. The lowest BCUT2D eigenvalue weighted by Gasteiger charge is -2.30. The third kappa shape index (κ3) is 4.23. The van der Waals surface area contributed by atoms with Crippen LogP contribution in [0.3, 0.4) is 0 Å². The first-order valence-electron chi connectivity index (χ1n) is 8.43. The van der Waals surface area contributed by atoms with Crippen molar-refractivity contribution in [1.82, 2.24) is 5.32 Å². The largest absolute Gasteiger partial charge is 0.489 e. The molecule has 0 radical (unpaired) electrons. The smallest absolute Gasteiger partial charge is 0.138 e. The van der Waals surface area contributed by atoms with Crippen molar-refractivity contribution in [3.8, 4) is 5.75 Å². The summed E-state index contributed by atoms with van der Waals surface area (Å²) >= 11 is 3.68. The summed E-state index contributed by atoms with van der Waals surface area (Å²) in [4.78, 5) is 0. The van der Waals surface area contributed by atoms with Crippen molar-refractivity contribution in [2.75, 3.05) is 0 Å². The van der Waals surface area contributed by atoms with Gasteiger partial charge in [-0.1, -0.05) is 31.9 Å². The standard InChI is InChI=1S/C18H26BrNO/c1-2-13-5-3-7-16(11-13)21-18-14(6-4-8-17(18)19)12-20-15-9-10-15/h4,6,8,13,15-16,20H,2-3,5,7,9-12H2,1H3. The second-order valence-corrected chi connectivity index (χ2v) is 7.42. The fraction of sp³-hybridized carbons (Fsp3) is 0.667. The number of hydrogen-bond acceptors (Lipinski definition) is 2. The molecule has 0 aliphatic heterocycles. The Morgan fingerprint density at radius 3 is 2.86 bits per heavy atom. The minimum atomic E-state index is 0.391. The van der Waals surface area contributed by atoms with Gasteiger partial charge in [0, 0.05) is 18.2 Å². The van der Waals surface area contributed by atoms with Gasteiger partial charge in [-0.3, -0.25) is 0 Å². The summed E-state index contributed by atoms with van der Waals surface area (Å²) < 4.78 is 7.51. The summed E-state index contributed by atoms with van der Waals surface area (Å²) in [5.41, 5.74) is 1.29. The van der Waals surface area contributed by atoms with E-state index in [4.69, 9.17) is 4.74 Å². The lowest BCUT2D eigenvalue weighted by Crippen LogP contribution is -2.26. The molecule has 2 aliphatic rings. The highest BCUT2D eigenvalue weighted by Gasteiger charge is 2.24. The summed E-state index contributed by atoms with van der Waals surface area (Å²) in [5.74, 6) is 1.91. The molecule has 2 unspecified atom stereocenters. The Morgan fingerprint density at radius 1 is 1.24 bits per heavy atom. The molecule has 3 heteroatoms. The molecule has 2 fully saturated rings. The van der Waals surface area contributed by atoms with Crippen LogP contribution in [0.5, 0.6) is 5.75 Å². The predicted octanol–water partition coefficient (Wildman–Crippen LogP) is 5.05. The van der Waals surface area contributed by atoms with Crippen LogP contribution in [0, 0.1) is 5.92 Å². The second-order valence-electron chi connectivity index (χ2n) is 6.56. The highest BCUT2D eigenvalue weighted by Crippen LogP contribution is 2.35. The molecule has 0 saturated heterocycles.